The normalized spacial score (nSPS) is 17.3. The summed E-state index contributed by atoms with van der Waals surface area (Å²) in [6.45, 7) is 8.84. The molecule has 0 radical (unpaired) electrons. The lowest BCUT2D eigenvalue weighted by atomic mass is 10.1. The van der Waals surface area contributed by atoms with E-state index in [1.165, 1.54) is 13.0 Å². The molecule has 1 aromatic carbocycles. The Kier molecular flexibility index (Phi) is 5.78. The lowest BCUT2D eigenvalue weighted by Gasteiger charge is -2.34. The predicted octanol–water partition coefficient (Wildman–Crippen LogP) is 2.50. The van der Waals surface area contributed by atoms with E-state index in [9.17, 15) is 0 Å². The summed E-state index contributed by atoms with van der Waals surface area (Å²) in [5.74, 6) is 0. The fraction of sp³-hybridized carbons (Fsp3) is 0.533. The zero-order valence-electron chi connectivity index (χ0n) is 11.9. The number of hydrogen-bond donors (Lipinski definition) is 1. The topological polar surface area (TPSA) is 32.5 Å². The van der Waals surface area contributed by atoms with Crippen LogP contribution in [0.1, 0.15) is 24.5 Å². The van der Waals surface area contributed by atoms with Crippen molar-refractivity contribution in [1.29, 1.82) is 0 Å². The quantitative estimate of drug-likeness (QED) is 0.847. The highest BCUT2D eigenvalue weighted by Gasteiger charge is 2.17. The average molecular weight is 312 g/mol. The van der Waals surface area contributed by atoms with Gasteiger partial charge >= 0.3 is 0 Å². The first-order chi connectivity index (χ1) is 9.60. The van der Waals surface area contributed by atoms with Gasteiger partial charge in [0.15, 0.2) is 0 Å². The number of nitrogens with two attached hydrogens (primary N) is 1. The van der Waals surface area contributed by atoms with E-state index in [4.69, 9.17) is 29.6 Å². The molecule has 2 rings (SSSR count). The van der Waals surface area contributed by atoms with E-state index in [-0.39, 0.29) is 0 Å². The molecular formula is C15H22ClN3S. The molecule has 0 spiro atoms. The van der Waals surface area contributed by atoms with Crippen LogP contribution in [0.5, 0.6) is 0 Å². The molecule has 0 saturated carbocycles. The van der Waals surface area contributed by atoms with Crippen LogP contribution in [0.2, 0.25) is 5.02 Å². The predicted molar refractivity (Wildman–Crippen MR) is 89.3 cm³/mol. The van der Waals surface area contributed by atoms with Crippen LogP contribution in [0.25, 0.3) is 0 Å². The SMILES string of the molecule is CCCN1CCN(Cc2ccc(C(N)=S)cc2Cl)CC1. The summed E-state index contributed by atoms with van der Waals surface area (Å²) in [7, 11) is 0. The minimum atomic E-state index is 0.395. The maximum absolute atomic E-state index is 6.32. The fourth-order valence-corrected chi connectivity index (χ4v) is 2.92. The first-order valence-corrected chi connectivity index (χ1v) is 7.91. The first-order valence-electron chi connectivity index (χ1n) is 7.13. The van der Waals surface area contributed by atoms with Gasteiger partial charge in [0.25, 0.3) is 0 Å². The molecule has 1 aromatic rings. The number of halogens is 1. The molecule has 1 heterocycles. The van der Waals surface area contributed by atoms with Gasteiger partial charge in [0, 0.05) is 43.3 Å². The second-order valence-electron chi connectivity index (χ2n) is 5.29. The van der Waals surface area contributed by atoms with Crippen LogP contribution in [-0.2, 0) is 6.54 Å². The Morgan fingerprint density at radius 1 is 1.25 bits per heavy atom. The molecule has 110 valence electrons. The molecule has 1 saturated heterocycles. The van der Waals surface area contributed by atoms with E-state index in [1.54, 1.807) is 0 Å². The summed E-state index contributed by atoms with van der Waals surface area (Å²) in [5, 5.41) is 0.756. The van der Waals surface area contributed by atoms with Gasteiger partial charge in [0.05, 0.1) is 0 Å². The van der Waals surface area contributed by atoms with Crippen molar-refractivity contribution in [3.63, 3.8) is 0 Å². The minimum absolute atomic E-state index is 0.395. The zero-order chi connectivity index (χ0) is 14.5. The molecule has 0 aromatic heterocycles. The van der Waals surface area contributed by atoms with Crippen molar-refractivity contribution in [2.24, 2.45) is 5.73 Å². The van der Waals surface area contributed by atoms with Crippen molar-refractivity contribution in [3.05, 3.63) is 34.3 Å². The highest BCUT2D eigenvalue weighted by atomic mass is 35.5. The number of hydrogen-bond acceptors (Lipinski definition) is 3. The third-order valence-electron chi connectivity index (χ3n) is 3.74. The van der Waals surface area contributed by atoms with Crippen LogP contribution in [0.3, 0.4) is 0 Å². The van der Waals surface area contributed by atoms with Crippen LogP contribution in [0, 0.1) is 0 Å². The van der Waals surface area contributed by atoms with Crippen molar-refractivity contribution >= 4 is 28.8 Å². The monoisotopic (exact) mass is 311 g/mol. The second kappa shape index (κ2) is 7.36. The maximum atomic E-state index is 6.32. The van der Waals surface area contributed by atoms with Crippen LogP contribution >= 0.6 is 23.8 Å². The molecular weight excluding hydrogens is 290 g/mol. The Labute approximate surface area is 131 Å². The lowest BCUT2D eigenvalue weighted by molar-refractivity contribution is 0.127. The summed E-state index contributed by atoms with van der Waals surface area (Å²) in [4.78, 5) is 5.37. The lowest BCUT2D eigenvalue weighted by Crippen LogP contribution is -2.46. The molecule has 0 amide bonds. The Morgan fingerprint density at radius 3 is 2.45 bits per heavy atom. The van der Waals surface area contributed by atoms with E-state index >= 15 is 0 Å². The molecule has 2 N–H and O–H groups in total. The van der Waals surface area contributed by atoms with Crippen molar-refractivity contribution in [2.45, 2.75) is 19.9 Å². The fourth-order valence-electron chi connectivity index (χ4n) is 2.56. The molecule has 1 fully saturated rings. The van der Waals surface area contributed by atoms with E-state index in [2.05, 4.69) is 16.7 Å². The summed E-state index contributed by atoms with van der Waals surface area (Å²) in [6, 6.07) is 5.86. The van der Waals surface area contributed by atoms with Gasteiger partial charge in [0.1, 0.15) is 4.99 Å². The second-order valence-corrected chi connectivity index (χ2v) is 6.14. The number of thiocarbonyl (C=S) groups is 1. The van der Waals surface area contributed by atoms with Gasteiger partial charge in [-0.3, -0.25) is 4.90 Å². The summed E-state index contributed by atoms with van der Waals surface area (Å²) in [6.07, 6.45) is 1.23. The van der Waals surface area contributed by atoms with Crippen molar-refractivity contribution < 1.29 is 0 Å². The Bertz CT molecular complexity index is 470. The van der Waals surface area contributed by atoms with Gasteiger partial charge in [-0.1, -0.05) is 42.9 Å². The van der Waals surface area contributed by atoms with E-state index in [0.717, 1.165) is 48.9 Å². The molecule has 0 aliphatic carbocycles. The van der Waals surface area contributed by atoms with E-state index in [1.807, 2.05) is 18.2 Å². The molecule has 0 bridgehead atoms. The van der Waals surface area contributed by atoms with Crippen LogP contribution in [-0.4, -0.2) is 47.5 Å². The van der Waals surface area contributed by atoms with Crippen molar-refractivity contribution in [1.82, 2.24) is 9.80 Å². The minimum Gasteiger partial charge on any atom is -0.389 e. The van der Waals surface area contributed by atoms with Gasteiger partial charge < -0.3 is 10.6 Å². The molecule has 0 unspecified atom stereocenters. The largest absolute Gasteiger partial charge is 0.389 e. The van der Waals surface area contributed by atoms with Crippen molar-refractivity contribution in [2.75, 3.05) is 32.7 Å². The van der Waals surface area contributed by atoms with E-state index < -0.39 is 0 Å². The van der Waals surface area contributed by atoms with Crippen molar-refractivity contribution in [3.8, 4) is 0 Å². The number of rotatable bonds is 5. The first kappa shape index (κ1) is 15.7. The van der Waals surface area contributed by atoms with Gasteiger partial charge in [-0.25, -0.2) is 0 Å². The number of piperazine rings is 1. The maximum Gasteiger partial charge on any atom is 0.104 e. The highest BCUT2D eigenvalue weighted by Crippen LogP contribution is 2.20. The molecule has 5 heteroatoms. The standard InChI is InChI=1S/C15H22ClN3S/c1-2-5-18-6-8-19(9-7-18)11-13-4-3-12(15(17)20)10-14(13)16/h3-4,10H,2,5-9,11H2,1H3,(H2,17,20). The molecule has 20 heavy (non-hydrogen) atoms. The summed E-state index contributed by atoms with van der Waals surface area (Å²) in [5.41, 5.74) is 7.60. The average Bonchev–Trinajstić information content (AvgIpc) is 2.43. The molecule has 0 atom stereocenters. The molecule has 1 aliphatic rings. The third-order valence-corrected chi connectivity index (χ3v) is 4.32. The molecule has 3 nitrogen and oxygen atoms in total. The van der Waals surface area contributed by atoms with Gasteiger partial charge in [0.2, 0.25) is 0 Å². The highest BCUT2D eigenvalue weighted by molar-refractivity contribution is 7.80. The Hall–Kier alpha value is -0.680. The van der Waals surface area contributed by atoms with Crippen LogP contribution in [0.15, 0.2) is 18.2 Å². The third kappa shape index (κ3) is 4.16. The van der Waals surface area contributed by atoms with Gasteiger partial charge in [-0.05, 0) is 24.6 Å². The zero-order valence-corrected chi connectivity index (χ0v) is 13.5. The molecule has 1 aliphatic heterocycles. The van der Waals surface area contributed by atoms with Gasteiger partial charge in [-0.2, -0.15) is 0 Å². The number of benzene rings is 1. The van der Waals surface area contributed by atoms with E-state index in [0.29, 0.717) is 4.99 Å². The van der Waals surface area contributed by atoms with Crippen LogP contribution < -0.4 is 5.73 Å². The summed E-state index contributed by atoms with van der Waals surface area (Å²) < 4.78 is 0. The Balaban J connectivity index is 1.93. The summed E-state index contributed by atoms with van der Waals surface area (Å²) >= 11 is 11.3. The van der Waals surface area contributed by atoms with Crippen LogP contribution in [0.4, 0.5) is 0 Å². The Morgan fingerprint density at radius 2 is 1.90 bits per heavy atom. The smallest absolute Gasteiger partial charge is 0.104 e. The number of nitrogens with zero attached hydrogens (tertiary/aromatic N) is 2. The van der Waals surface area contributed by atoms with Gasteiger partial charge in [-0.15, -0.1) is 0 Å².